The highest BCUT2D eigenvalue weighted by atomic mass is 127. The molecule has 1 aromatic heterocycles. The second kappa shape index (κ2) is 10.8. The third-order valence-corrected chi connectivity index (χ3v) is 9.26. The molecular formula is C32H34INO4. The smallest absolute Gasteiger partial charge is 0.344 e. The van der Waals surface area contributed by atoms with Crippen LogP contribution in [0, 0.1) is 17.3 Å². The predicted octanol–water partition coefficient (Wildman–Crippen LogP) is 2.82. The minimum absolute atomic E-state index is 0. The van der Waals surface area contributed by atoms with Gasteiger partial charge in [-0.1, -0.05) is 31.2 Å². The van der Waals surface area contributed by atoms with Gasteiger partial charge in [0.1, 0.15) is 24.5 Å². The maximum Gasteiger partial charge on any atom is 0.344 e. The average molecular weight is 624 g/mol. The first-order chi connectivity index (χ1) is 17.9. The molecule has 198 valence electrons. The summed E-state index contributed by atoms with van der Waals surface area (Å²) >= 11 is 0. The maximum absolute atomic E-state index is 12.9. The van der Waals surface area contributed by atoms with Crippen LogP contribution in [-0.2, 0) is 18.2 Å². The Labute approximate surface area is 241 Å². The second-order valence-corrected chi connectivity index (χ2v) is 11.3. The fourth-order valence-electron chi connectivity index (χ4n) is 7.41. The molecule has 3 aliphatic rings. The predicted molar refractivity (Wildman–Crippen MR) is 139 cm³/mol. The van der Waals surface area contributed by atoms with E-state index in [1.54, 1.807) is 12.1 Å². The Morgan fingerprint density at radius 2 is 1.71 bits per heavy atom. The molecular weight excluding hydrogens is 589 g/mol. The number of hydrogen-bond acceptors (Lipinski definition) is 4. The molecule has 3 aromatic rings. The molecule has 0 radical (unpaired) electrons. The van der Waals surface area contributed by atoms with Crippen LogP contribution >= 0.6 is 0 Å². The van der Waals surface area contributed by atoms with Crippen molar-refractivity contribution in [3.8, 4) is 5.75 Å². The summed E-state index contributed by atoms with van der Waals surface area (Å²) in [5, 5.41) is 0. The molecule has 5 nitrogen and oxygen atoms in total. The topological polar surface area (TPSA) is 56.5 Å². The van der Waals surface area contributed by atoms with Crippen molar-refractivity contribution in [1.29, 1.82) is 0 Å². The van der Waals surface area contributed by atoms with Crippen LogP contribution < -0.4 is 33.3 Å². The average Bonchev–Trinajstić information content (AvgIpc) is 3.24. The van der Waals surface area contributed by atoms with E-state index in [0.29, 0.717) is 34.6 Å². The summed E-state index contributed by atoms with van der Waals surface area (Å²) in [6.07, 6.45) is 10.0. The number of pyridine rings is 1. The molecule has 2 aromatic carbocycles. The van der Waals surface area contributed by atoms with Crippen molar-refractivity contribution in [3.05, 3.63) is 95.3 Å². The molecule has 1 heterocycles. The van der Waals surface area contributed by atoms with Crippen molar-refractivity contribution in [2.45, 2.75) is 57.5 Å². The second-order valence-electron chi connectivity index (χ2n) is 11.3. The van der Waals surface area contributed by atoms with Crippen LogP contribution in [0.4, 0.5) is 0 Å². The van der Waals surface area contributed by atoms with E-state index in [0.717, 1.165) is 38.5 Å². The standard InChI is InChI=1S/C32H34NO4.HI/c1-32-17-16-26-25-13-11-24(36-30(34)21-7-4-3-5-8-21)19-22(25)10-12-27(26)28(32)14-15-29(32)37-31(35)23-9-6-18-33(2)20-23;/h3-9,11,13,18-20,26-29H,10,12,14-17H2,1-2H3;1H/q+1;/p-1/t26?,27?,28?,29-,32-;/m0./s1. The molecule has 38 heavy (non-hydrogen) atoms. The van der Waals surface area contributed by atoms with Gasteiger partial charge in [-0.25, -0.2) is 14.2 Å². The number of esters is 2. The SMILES string of the molecule is C[n+]1cccc(C(=O)O[C@H]2CCC3C4CCc5cc(OC(=O)c6ccccc6)ccc5C4CC[C@@]32C)c1.[I-]. The highest BCUT2D eigenvalue weighted by molar-refractivity contribution is 5.91. The highest BCUT2D eigenvalue weighted by Gasteiger charge is 2.56. The summed E-state index contributed by atoms with van der Waals surface area (Å²) in [6.45, 7) is 2.35. The van der Waals surface area contributed by atoms with E-state index in [1.807, 2.05) is 60.4 Å². The van der Waals surface area contributed by atoms with Gasteiger partial charge in [0, 0.05) is 11.5 Å². The number of carbonyl (C=O) groups is 2. The van der Waals surface area contributed by atoms with E-state index in [9.17, 15) is 9.59 Å². The lowest BCUT2D eigenvalue weighted by atomic mass is 9.55. The van der Waals surface area contributed by atoms with Crippen molar-refractivity contribution in [1.82, 2.24) is 0 Å². The first-order valence-corrected chi connectivity index (χ1v) is 13.5. The van der Waals surface area contributed by atoms with Crippen molar-refractivity contribution in [2.24, 2.45) is 24.3 Å². The number of aromatic nitrogens is 1. The van der Waals surface area contributed by atoms with Crippen LogP contribution in [0.5, 0.6) is 5.75 Å². The van der Waals surface area contributed by atoms with Crippen molar-refractivity contribution in [2.75, 3.05) is 0 Å². The number of halogens is 1. The molecule has 0 bridgehead atoms. The lowest BCUT2D eigenvalue weighted by molar-refractivity contribution is -0.671. The molecule has 3 unspecified atom stereocenters. The van der Waals surface area contributed by atoms with Crippen LogP contribution in [0.2, 0.25) is 0 Å². The van der Waals surface area contributed by atoms with E-state index in [1.165, 1.54) is 11.1 Å². The Bertz CT molecular complexity index is 1340. The minimum atomic E-state index is -0.321. The van der Waals surface area contributed by atoms with Crippen molar-refractivity contribution in [3.63, 3.8) is 0 Å². The summed E-state index contributed by atoms with van der Waals surface area (Å²) in [4.78, 5) is 25.5. The van der Waals surface area contributed by atoms with Crippen molar-refractivity contribution < 1.29 is 47.6 Å². The monoisotopic (exact) mass is 623 g/mol. The number of hydrogen-bond donors (Lipinski definition) is 0. The van der Waals surface area contributed by atoms with E-state index >= 15 is 0 Å². The first-order valence-electron chi connectivity index (χ1n) is 13.5. The molecule has 6 rings (SSSR count). The lowest BCUT2D eigenvalue weighted by Gasteiger charge is -2.50. The normalized spacial score (nSPS) is 27.2. The summed E-state index contributed by atoms with van der Waals surface area (Å²) in [5.41, 5.74) is 3.91. The van der Waals surface area contributed by atoms with E-state index in [4.69, 9.17) is 9.47 Å². The molecule has 0 amide bonds. The van der Waals surface area contributed by atoms with Gasteiger partial charge in [0.15, 0.2) is 12.4 Å². The summed E-state index contributed by atoms with van der Waals surface area (Å²) in [6, 6.07) is 19.0. The van der Waals surface area contributed by atoms with Crippen LogP contribution in [0.1, 0.15) is 76.8 Å². The summed E-state index contributed by atoms with van der Waals surface area (Å²) in [5.74, 6) is 1.76. The number of benzene rings is 2. The fraction of sp³-hybridized carbons (Fsp3) is 0.406. The van der Waals surface area contributed by atoms with E-state index in [2.05, 4.69) is 19.1 Å². The van der Waals surface area contributed by atoms with Gasteiger partial charge < -0.3 is 33.5 Å². The third-order valence-electron chi connectivity index (χ3n) is 9.26. The Morgan fingerprint density at radius 3 is 2.50 bits per heavy atom. The molecule has 3 aliphatic carbocycles. The molecule has 0 spiro atoms. The molecule has 2 fully saturated rings. The third kappa shape index (κ3) is 4.88. The van der Waals surface area contributed by atoms with Gasteiger partial charge in [-0.3, -0.25) is 0 Å². The quantitative estimate of drug-likeness (QED) is 0.194. The van der Waals surface area contributed by atoms with Gasteiger partial charge >= 0.3 is 11.9 Å². The molecule has 2 saturated carbocycles. The first kappa shape index (κ1) is 26.9. The minimum Gasteiger partial charge on any atom is -1.00 e. The number of fused-ring (bicyclic) bond motifs is 5. The number of ether oxygens (including phenoxy) is 2. The highest BCUT2D eigenvalue weighted by Crippen LogP contribution is 2.61. The van der Waals surface area contributed by atoms with E-state index in [-0.39, 0.29) is 47.4 Å². The van der Waals surface area contributed by atoms with Gasteiger partial charge in [0.2, 0.25) is 0 Å². The van der Waals surface area contributed by atoms with Crippen LogP contribution in [0.25, 0.3) is 0 Å². The molecule has 0 aliphatic heterocycles. The van der Waals surface area contributed by atoms with Gasteiger partial charge in [0.05, 0.1) is 5.56 Å². The maximum atomic E-state index is 12.9. The zero-order valence-corrected chi connectivity index (χ0v) is 24.1. The Hall–Kier alpha value is -2.74. The van der Waals surface area contributed by atoms with Crippen LogP contribution in [0.15, 0.2) is 73.1 Å². The number of rotatable bonds is 4. The summed E-state index contributed by atoms with van der Waals surface area (Å²) < 4.78 is 13.7. The molecule has 0 N–H and O–H groups in total. The van der Waals surface area contributed by atoms with Gasteiger partial charge in [0.25, 0.3) is 0 Å². The summed E-state index contributed by atoms with van der Waals surface area (Å²) in [7, 11) is 1.92. The Balaban J connectivity index is 0.00000294. The molecule has 6 heteroatoms. The van der Waals surface area contributed by atoms with Gasteiger partial charge in [-0.2, -0.15) is 0 Å². The van der Waals surface area contributed by atoms with Crippen molar-refractivity contribution >= 4 is 11.9 Å². The fourth-order valence-corrected chi connectivity index (χ4v) is 7.41. The lowest BCUT2D eigenvalue weighted by Crippen LogP contribution is -3.00. The number of aryl methyl sites for hydroxylation is 2. The zero-order chi connectivity index (χ0) is 25.6. The zero-order valence-electron chi connectivity index (χ0n) is 21.9. The van der Waals surface area contributed by atoms with E-state index < -0.39 is 0 Å². The van der Waals surface area contributed by atoms with Crippen LogP contribution in [0.3, 0.4) is 0 Å². The number of carbonyl (C=O) groups excluding carboxylic acids is 2. The number of nitrogens with zero attached hydrogens (tertiary/aromatic N) is 1. The molecule has 0 saturated heterocycles. The van der Waals surface area contributed by atoms with Crippen LogP contribution in [-0.4, -0.2) is 18.0 Å². The van der Waals surface area contributed by atoms with Gasteiger partial charge in [-0.05, 0) is 97.7 Å². The molecule has 5 atom stereocenters. The Kier molecular flexibility index (Phi) is 7.63. The van der Waals surface area contributed by atoms with Gasteiger partial charge in [-0.15, -0.1) is 0 Å². The Morgan fingerprint density at radius 1 is 0.921 bits per heavy atom. The largest absolute Gasteiger partial charge is 1.00 e.